The third-order valence-corrected chi connectivity index (χ3v) is 6.89. The van der Waals surface area contributed by atoms with E-state index in [-0.39, 0.29) is 4.90 Å². The SMILES string of the molecule is COc1cc2nccc(Oc3ccc(NS(=O)(=O)c4cccc(-c5ncccn5)c4)cc3)c2cc1OC. The topological polar surface area (TPSA) is 113 Å². The van der Waals surface area contributed by atoms with Gasteiger partial charge in [-0.15, -0.1) is 0 Å². The Labute approximate surface area is 213 Å². The van der Waals surface area contributed by atoms with E-state index in [2.05, 4.69) is 19.7 Å². The molecule has 0 amide bonds. The van der Waals surface area contributed by atoms with Crippen molar-refractivity contribution in [2.45, 2.75) is 4.90 Å². The van der Waals surface area contributed by atoms with Gasteiger partial charge in [0.15, 0.2) is 17.3 Å². The summed E-state index contributed by atoms with van der Waals surface area (Å²) in [6, 6.07) is 20.1. The molecule has 37 heavy (non-hydrogen) atoms. The first-order chi connectivity index (χ1) is 18.0. The van der Waals surface area contributed by atoms with E-state index in [1.807, 2.05) is 0 Å². The number of sulfonamides is 1. The number of ether oxygens (including phenoxy) is 3. The molecule has 0 saturated carbocycles. The van der Waals surface area contributed by atoms with E-state index >= 15 is 0 Å². The predicted molar refractivity (Wildman–Crippen MR) is 140 cm³/mol. The zero-order valence-electron chi connectivity index (χ0n) is 20.0. The van der Waals surface area contributed by atoms with Crippen LogP contribution in [0.1, 0.15) is 0 Å². The van der Waals surface area contributed by atoms with E-state index < -0.39 is 10.0 Å². The number of aromatic nitrogens is 3. The number of hydrogen-bond donors (Lipinski definition) is 1. The highest BCUT2D eigenvalue weighted by atomic mass is 32.2. The summed E-state index contributed by atoms with van der Waals surface area (Å²) in [6.45, 7) is 0. The van der Waals surface area contributed by atoms with E-state index in [4.69, 9.17) is 14.2 Å². The minimum absolute atomic E-state index is 0.102. The summed E-state index contributed by atoms with van der Waals surface area (Å²) in [5, 5.41) is 0.743. The Morgan fingerprint density at radius 2 is 1.46 bits per heavy atom. The Morgan fingerprint density at radius 1 is 0.730 bits per heavy atom. The fourth-order valence-electron chi connectivity index (χ4n) is 3.72. The number of anilines is 1. The Balaban J connectivity index is 1.36. The minimum atomic E-state index is -3.84. The Bertz CT molecular complexity index is 1660. The molecule has 1 N–H and O–H groups in total. The molecule has 0 radical (unpaired) electrons. The number of methoxy groups -OCH3 is 2. The van der Waals surface area contributed by atoms with Crippen LogP contribution in [0.5, 0.6) is 23.0 Å². The quantitative estimate of drug-likeness (QED) is 0.297. The first kappa shape index (κ1) is 24.0. The van der Waals surface area contributed by atoms with Crippen LogP contribution in [0.15, 0.2) is 96.3 Å². The molecule has 2 aromatic heterocycles. The lowest BCUT2D eigenvalue weighted by atomic mass is 10.2. The number of hydrogen-bond acceptors (Lipinski definition) is 8. The average Bonchev–Trinajstić information content (AvgIpc) is 2.94. The normalized spacial score (nSPS) is 11.2. The third-order valence-electron chi connectivity index (χ3n) is 5.51. The molecule has 0 unspecified atom stereocenters. The maximum atomic E-state index is 13.0. The minimum Gasteiger partial charge on any atom is -0.493 e. The maximum Gasteiger partial charge on any atom is 0.261 e. The van der Waals surface area contributed by atoms with Gasteiger partial charge in [0.2, 0.25) is 0 Å². The van der Waals surface area contributed by atoms with Gasteiger partial charge in [0.25, 0.3) is 10.0 Å². The van der Waals surface area contributed by atoms with E-state index in [0.717, 1.165) is 5.39 Å². The van der Waals surface area contributed by atoms with Crippen molar-refractivity contribution in [2.24, 2.45) is 0 Å². The maximum absolute atomic E-state index is 13.0. The van der Waals surface area contributed by atoms with E-state index in [1.54, 1.807) is 93.5 Å². The largest absolute Gasteiger partial charge is 0.493 e. The Kier molecular flexibility index (Phi) is 6.57. The second kappa shape index (κ2) is 10.1. The second-order valence-electron chi connectivity index (χ2n) is 7.87. The molecule has 0 spiro atoms. The molecule has 0 atom stereocenters. The fourth-order valence-corrected chi connectivity index (χ4v) is 4.82. The average molecular weight is 515 g/mol. The molecule has 0 aliphatic heterocycles. The highest BCUT2D eigenvalue weighted by Crippen LogP contribution is 2.37. The Hall–Kier alpha value is -4.70. The number of benzene rings is 3. The van der Waals surface area contributed by atoms with Crippen LogP contribution in [0, 0.1) is 0 Å². The lowest BCUT2D eigenvalue weighted by Crippen LogP contribution is -2.13. The second-order valence-corrected chi connectivity index (χ2v) is 9.55. The van der Waals surface area contributed by atoms with Gasteiger partial charge in [0.1, 0.15) is 11.5 Å². The van der Waals surface area contributed by atoms with E-state index in [9.17, 15) is 8.42 Å². The van der Waals surface area contributed by atoms with Crippen molar-refractivity contribution in [3.63, 3.8) is 0 Å². The van der Waals surface area contributed by atoms with Crippen molar-refractivity contribution in [2.75, 3.05) is 18.9 Å². The molecule has 3 aromatic carbocycles. The Morgan fingerprint density at radius 3 is 2.19 bits per heavy atom. The molecule has 0 saturated heterocycles. The van der Waals surface area contributed by atoms with Crippen LogP contribution in [-0.4, -0.2) is 37.6 Å². The van der Waals surface area contributed by atoms with Gasteiger partial charge in [0, 0.05) is 41.3 Å². The van der Waals surface area contributed by atoms with Crippen LogP contribution in [0.25, 0.3) is 22.3 Å². The molecule has 0 aliphatic carbocycles. The molecule has 186 valence electrons. The number of nitrogens with zero attached hydrogens (tertiary/aromatic N) is 3. The summed E-state index contributed by atoms with van der Waals surface area (Å²) < 4.78 is 45.4. The zero-order valence-corrected chi connectivity index (χ0v) is 20.8. The standard InChI is InChI=1S/C27H22N4O5S/c1-34-25-16-22-23(17-26(25)35-2)28-14-11-24(22)36-20-9-7-19(8-10-20)31-37(32,33)21-6-3-5-18(15-21)27-29-12-4-13-30-27/h3-17,31H,1-2H3. The summed E-state index contributed by atoms with van der Waals surface area (Å²) in [6.07, 6.45) is 4.85. The smallest absolute Gasteiger partial charge is 0.261 e. The van der Waals surface area contributed by atoms with Gasteiger partial charge in [-0.1, -0.05) is 12.1 Å². The molecular weight excluding hydrogens is 492 g/mol. The zero-order chi connectivity index (χ0) is 25.8. The molecular formula is C27H22N4O5S. The van der Waals surface area contributed by atoms with Crippen LogP contribution < -0.4 is 18.9 Å². The summed E-state index contributed by atoms with van der Waals surface area (Å²) in [4.78, 5) is 12.8. The summed E-state index contributed by atoms with van der Waals surface area (Å²) in [5.41, 5.74) is 1.67. The van der Waals surface area contributed by atoms with Crippen LogP contribution in [0.3, 0.4) is 0 Å². The van der Waals surface area contributed by atoms with Gasteiger partial charge in [0.05, 0.1) is 24.6 Å². The molecule has 10 heteroatoms. The molecule has 5 aromatic rings. The molecule has 0 fully saturated rings. The summed E-state index contributed by atoms with van der Waals surface area (Å²) in [5.74, 6) is 2.66. The van der Waals surface area contributed by atoms with Gasteiger partial charge in [-0.3, -0.25) is 9.71 Å². The number of pyridine rings is 1. The first-order valence-corrected chi connectivity index (χ1v) is 12.6. The molecule has 0 aliphatic rings. The molecule has 5 rings (SSSR count). The van der Waals surface area contributed by atoms with Crippen LogP contribution in [0.2, 0.25) is 0 Å². The van der Waals surface area contributed by atoms with Crippen LogP contribution >= 0.6 is 0 Å². The molecule has 0 bridgehead atoms. The van der Waals surface area contributed by atoms with Gasteiger partial charge in [-0.05, 0) is 54.6 Å². The third kappa shape index (κ3) is 5.14. The van der Waals surface area contributed by atoms with E-state index in [0.29, 0.717) is 45.6 Å². The lowest BCUT2D eigenvalue weighted by Gasteiger charge is -2.13. The fraction of sp³-hybridized carbons (Fsp3) is 0.0741. The summed E-state index contributed by atoms with van der Waals surface area (Å²) in [7, 11) is -0.714. The molecule has 2 heterocycles. The molecule has 9 nitrogen and oxygen atoms in total. The van der Waals surface area contributed by atoms with Gasteiger partial charge < -0.3 is 14.2 Å². The van der Waals surface area contributed by atoms with Crippen molar-refractivity contribution in [3.8, 4) is 34.4 Å². The van der Waals surface area contributed by atoms with Crippen molar-refractivity contribution >= 4 is 26.6 Å². The first-order valence-electron chi connectivity index (χ1n) is 11.2. The highest BCUT2D eigenvalue weighted by molar-refractivity contribution is 7.92. The van der Waals surface area contributed by atoms with Gasteiger partial charge >= 0.3 is 0 Å². The number of nitrogens with one attached hydrogen (secondary N) is 1. The van der Waals surface area contributed by atoms with Crippen LogP contribution in [-0.2, 0) is 10.0 Å². The van der Waals surface area contributed by atoms with E-state index in [1.165, 1.54) is 12.1 Å². The number of fused-ring (bicyclic) bond motifs is 1. The van der Waals surface area contributed by atoms with Crippen molar-refractivity contribution < 1.29 is 22.6 Å². The van der Waals surface area contributed by atoms with Crippen molar-refractivity contribution in [1.29, 1.82) is 0 Å². The van der Waals surface area contributed by atoms with Crippen molar-refractivity contribution in [3.05, 3.63) is 91.4 Å². The number of rotatable bonds is 8. The van der Waals surface area contributed by atoms with Crippen molar-refractivity contribution in [1.82, 2.24) is 15.0 Å². The monoisotopic (exact) mass is 514 g/mol. The lowest BCUT2D eigenvalue weighted by molar-refractivity contribution is 0.355. The summed E-state index contributed by atoms with van der Waals surface area (Å²) >= 11 is 0. The van der Waals surface area contributed by atoms with Crippen LogP contribution in [0.4, 0.5) is 5.69 Å². The van der Waals surface area contributed by atoms with Gasteiger partial charge in [-0.25, -0.2) is 18.4 Å². The highest BCUT2D eigenvalue weighted by Gasteiger charge is 2.16. The predicted octanol–water partition coefficient (Wildman–Crippen LogP) is 5.30. The van der Waals surface area contributed by atoms with Gasteiger partial charge in [-0.2, -0.15) is 0 Å².